The Balaban J connectivity index is 1.34. The first-order valence-electron chi connectivity index (χ1n) is 10.0. The van der Waals surface area contributed by atoms with Crippen molar-refractivity contribution in [2.45, 2.75) is 57.2 Å². The van der Waals surface area contributed by atoms with Crippen LogP contribution in [0.3, 0.4) is 0 Å². The van der Waals surface area contributed by atoms with Crippen molar-refractivity contribution in [3.05, 3.63) is 28.8 Å². The molecule has 4 rings (SSSR count). The molecule has 29 heavy (non-hydrogen) atoms. The summed E-state index contributed by atoms with van der Waals surface area (Å²) in [5, 5.41) is -0.0126. The molecule has 1 amide bonds. The third-order valence-electron chi connectivity index (χ3n) is 6.68. The Morgan fingerprint density at radius 2 is 1.90 bits per heavy atom. The molecule has 158 valence electrons. The van der Waals surface area contributed by atoms with Crippen LogP contribution in [0.1, 0.15) is 56.4 Å². The van der Waals surface area contributed by atoms with Crippen LogP contribution in [0.2, 0.25) is 5.02 Å². The van der Waals surface area contributed by atoms with Crippen LogP contribution in [0.5, 0.6) is 5.75 Å². The number of Topliss-reactive ketones (excluding diaryl/α,β-unsaturated/α-hetero) is 1. The van der Waals surface area contributed by atoms with E-state index in [4.69, 9.17) is 11.6 Å². The smallest absolute Gasteiger partial charge is 0.404 e. The number of halogens is 4. The van der Waals surface area contributed by atoms with Crippen molar-refractivity contribution >= 4 is 23.3 Å². The SMILES string of the molecule is O=C1CCC2(C1)CC(C(=O)N1CCC(c3cccc(OC(F)(F)F)c3Cl)CC1)C2. The van der Waals surface area contributed by atoms with Crippen molar-refractivity contribution in [1.29, 1.82) is 0 Å². The van der Waals surface area contributed by atoms with E-state index in [-0.39, 0.29) is 33.9 Å². The average molecular weight is 430 g/mol. The van der Waals surface area contributed by atoms with Gasteiger partial charge in [0.1, 0.15) is 11.5 Å². The number of hydrogen-bond donors (Lipinski definition) is 0. The van der Waals surface area contributed by atoms with E-state index < -0.39 is 6.36 Å². The zero-order chi connectivity index (χ0) is 20.8. The van der Waals surface area contributed by atoms with Gasteiger partial charge in [-0.05, 0) is 55.1 Å². The highest BCUT2D eigenvalue weighted by molar-refractivity contribution is 6.32. The lowest BCUT2D eigenvalue weighted by atomic mass is 9.60. The molecule has 2 saturated carbocycles. The normalized spacial score (nSPS) is 27.9. The van der Waals surface area contributed by atoms with Gasteiger partial charge in [-0.3, -0.25) is 9.59 Å². The highest BCUT2D eigenvalue weighted by Gasteiger charge is 2.51. The highest BCUT2D eigenvalue weighted by Crippen LogP contribution is 2.55. The van der Waals surface area contributed by atoms with E-state index >= 15 is 0 Å². The van der Waals surface area contributed by atoms with Crippen LogP contribution in [0.25, 0.3) is 0 Å². The fourth-order valence-corrected chi connectivity index (χ4v) is 5.54. The van der Waals surface area contributed by atoms with Crippen LogP contribution in [0, 0.1) is 11.3 Å². The summed E-state index contributed by atoms with van der Waals surface area (Å²) < 4.78 is 41.6. The molecular formula is C21H23ClF3NO3. The molecule has 0 atom stereocenters. The molecule has 0 N–H and O–H groups in total. The second-order valence-electron chi connectivity index (χ2n) is 8.63. The van der Waals surface area contributed by atoms with Gasteiger partial charge in [-0.2, -0.15) is 0 Å². The van der Waals surface area contributed by atoms with Gasteiger partial charge < -0.3 is 9.64 Å². The number of alkyl halides is 3. The summed E-state index contributed by atoms with van der Waals surface area (Å²) in [5.74, 6) is 0.0631. The molecule has 3 fully saturated rings. The third kappa shape index (κ3) is 4.25. The summed E-state index contributed by atoms with van der Waals surface area (Å²) in [6.45, 7) is 1.12. The standard InChI is InChI=1S/C21H23ClF3NO3/c22-18-16(2-1-3-17(18)29-21(23,24)25)13-5-8-26(9-6-13)19(28)14-10-20(11-14)7-4-15(27)12-20/h1-3,13-14H,4-12H2. The van der Waals surface area contributed by atoms with E-state index in [9.17, 15) is 22.8 Å². The maximum absolute atomic E-state index is 12.8. The van der Waals surface area contributed by atoms with E-state index in [1.165, 1.54) is 12.1 Å². The van der Waals surface area contributed by atoms with Crippen LogP contribution >= 0.6 is 11.6 Å². The Morgan fingerprint density at radius 1 is 1.21 bits per heavy atom. The number of ether oxygens (including phenoxy) is 1. The maximum Gasteiger partial charge on any atom is 0.573 e. The van der Waals surface area contributed by atoms with Gasteiger partial charge >= 0.3 is 6.36 Å². The Morgan fingerprint density at radius 3 is 2.48 bits per heavy atom. The van der Waals surface area contributed by atoms with Gasteiger partial charge in [-0.15, -0.1) is 13.2 Å². The largest absolute Gasteiger partial charge is 0.573 e. The molecule has 4 nitrogen and oxygen atoms in total. The van der Waals surface area contributed by atoms with Crippen molar-refractivity contribution in [1.82, 2.24) is 4.90 Å². The van der Waals surface area contributed by atoms with Crippen molar-refractivity contribution in [3.8, 4) is 5.75 Å². The molecule has 8 heteroatoms. The highest BCUT2D eigenvalue weighted by atomic mass is 35.5. The number of hydrogen-bond acceptors (Lipinski definition) is 3. The van der Waals surface area contributed by atoms with Crippen molar-refractivity contribution < 1.29 is 27.5 Å². The predicted molar refractivity (Wildman–Crippen MR) is 101 cm³/mol. The number of piperidine rings is 1. The van der Waals surface area contributed by atoms with Gasteiger partial charge in [-0.1, -0.05) is 23.7 Å². The molecule has 1 saturated heterocycles. The summed E-state index contributed by atoms with van der Waals surface area (Å²) in [6.07, 6.45) is 0.293. The first kappa shape index (κ1) is 20.5. The number of carbonyl (C=O) groups is 2. The van der Waals surface area contributed by atoms with E-state index in [1.807, 2.05) is 4.90 Å². The molecule has 1 aromatic carbocycles. The quantitative estimate of drug-likeness (QED) is 0.672. The van der Waals surface area contributed by atoms with Gasteiger partial charge in [0.25, 0.3) is 0 Å². The minimum Gasteiger partial charge on any atom is -0.404 e. The van der Waals surface area contributed by atoms with E-state index in [0.29, 0.717) is 50.1 Å². The molecule has 2 aliphatic carbocycles. The van der Waals surface area contributed by atoms with Crippen molar-refractivity contribution in [2.24, 2.45) is 11.3 Å². The van der Waals surface area contributed by atoms with E-state index in [1.54, 1.807) is 6.07 Å². The molecule has 1 aromatic rings. The molecule has 0 radical (unpaired) electrons. The number of ketones is 1. The van der Waals surface area contributed by atoms with Crippen LogP contribution in [-0.4, -0.2) is 36.0 Å². The molecule has 1 heterocycles. The second kappa shape index (κ2) is 7.49. The van der Waals surface area contributed by atoms with Gasteiger partial charge in [0.15, 0.2) is 0 Å². The number of likely N-dealkylation sites (tertiary alicyclic amines) is 1. The number of benzene rings is 1. The lowest BCUT2D eigenvalue weighted by Crippen LogP contribution is -2.48. The molecular weight excluding hydrogens is 407 g/mol. The Hall–Kier alpha value is -1.76. The zero-order valence-corrected chi connectivity index (χ0v) is 16.7. The van der Waals surface area contributed by atoms with Crippen LogP contribution in [-0.2, 0) is 9.59 Å². The minimum atomic E-state index is -4.79. The van der Waals surface area contributed by atoms with Gasteiger partial charge in [-0.25, -0.2) is 0 Å². The van der Waals surface area contributed by atoms with Crippen molar-refractivity contribution in [3.63, 3.8) is 0 Å². The van der Waals surface area contributed by atoms with Crippen LogP contribution in [0.15, 0.2) is 18.2 Å². The van der Waals surface area contributed by atoms with Crippen molar-refractivity contribution in [2.75, 3.05) is 13.1 Å². The summed E-state index contributed by atoms with van der Waals surface area (Å²) >= 11 is 6.18. The Labute approximate surface area is 172 Å². The number of nitrogens with zero attached hydrogens (tertiary/aromatic N) is 1. The summed E-state index contributed by atoms with van der Waals surface area (Å²) in [6, 6.07) is 4.44. The molecule has 1 aliphatic heterocycles. The Bertz CT molecular complexity index is 812. The fourth-order valence-electron chi connectivity index (χ4n) is 5.22. The van der Waals surface area contributed by atoms with Gasteiger partial charge in [0.05, 0.1) is 5.02 Å². The summed E-state index contributed by atoms with van der Waals surface area (Å²) in [4.78, 5) is 26.2. The average Bonchev–Trinajstić information content (AvgIpc) is 3.03. The Kier molecular flexibility index (Phi) is 5.30. The first-order chi connectivity index (χ1) is 13.7. The predicted octanol–water partition coefficient (Wildman–Crippen LogP) is 5.09. The molecule has 3 aliphatic rings. The van der Waals surface area contributed by atoms with Gasteiger partial charge in [0, 0.05) is 31.8 Å². The number of amides is 1. The lowest BCUT2D eigenvalue weighted by Gasteiger charge is -2.46. The minimum absolute atomic E-state index is 0.00421. The van der Waals surface area contributed by atoms with Crippen LogP contribution in [0.4, 0.5) is 13.2 Å². The first-order valence-corrected chi connectivity index (χ1v) is 10.4. The maximum atomic E-state index is 12.8. The van der Waals surface area contributed by atoms with E-state index in [2.05, 4.69) is 4.74 Å². The third-order valence-corrected chi connectivity index (χ3v) is 7.08. The molecule has 0 aromatic heterocycles. The lowest BCUT2D eigenvalue weighted by molar-refractivity contribution is -0.274. The van der Waals surface area contributed by atoms with Gasteiger partial charge in [0.2, 0.25) is 5.91 Å². The molecule has 0 bridgehead atoms. The number of rotatable bonds is 3. The zero-order valence-electron chi connectivity index (χ0n) is 15.9. The number of carbonyl (C=O) groups excluding carboxylic acids is 2. The second-order valence-corrected chi connectivity index (χ2v) is 9.01. The molecule has 1 spiro atoms. The summed E-state index contributed by atoms with van der Waals surface area (Å²) in [7, 11) is 0. The monoisotopic (exact) mass is 429 g/mol. The topological polar surface area (TPSA) is 46.6 Å². The van der Waals surface area contributed by atoms with Crippen LogP contribution < -0.4 is 4.74 Å². The molecule has 0 unspecified atom stereocenters. The van der Waals surface area contributed by atoms with E-state index in [0.717, 1.165) is 19.3 Å². The summed E-state index contributed by atoms with van der Waals surface area (Å²) in [5.41, 5.74) is 0.704. The fraction of sp³-hybridized carbons (Fsp3) is 0.619.